The number of amides is 1. The van der Waals surface area contributed by atoms with E-state index in [-0.39, 0.29) is 11.6 Å². The van der Waals surface area contributed by atoms with Crippen LogP contribution in [-0.4, -0.2) is 10.8 Å². The lowest BCUT2D eigenvalue weighted by Gasteiger charge is -2.08. The zero-order valence-corrected chi connectivity index (χ0v) is 12.5. The van der Waals surface area contributed by atoms with Crippen molar-refractivity contribution in [1.82, 2.24) is 0 Å². The number of nitro groups is 1. The third kappa shape index (κ3) is 3.79. The standard InChI is InChI=1S/C14H15N3O3S/c1-9-7-11(3-4-13(9)17(19)20)15-8-14-12(5-6-21-14)16-10(2)18/h3-7,15H,8H2,1-2H3,(H,16,18). The Kier molecular flexibility index (Phi) is 4.54. The summed E-state index contributed by atoms with van der Waals surface area (Å²) in [6, 6.07) is 6.76. The van der Waals surface area contributed by atoms with Crippen LogP contribution in [0.15, 0.2) is 29.6 Å². The highest BCUT2D eigenvalue weighted by Gasteiger charge is 2.10. The second-order valence-corrected chi connectivity index (χ2v) is 5.55. The third-order valence-electron chi connectivity index (χ3n) is 2.90. The molecule has 0 aliphatic carbocycles. The summed E-state index contributed by atoms with van der Waals surface area (Å²) in [6.45, 7) is 3.72. The predicted molar refractivity (Wildman–Crippen MR) is 83.8 cm³/mol. The van der Waals surface area contributed by atoms with E-state index in [0.29, 0.717) is 12.1 Å². The van der Waals surface area contributed by atoms with Gasteiger partial charge in [-0.05, 0) is 30.5 Å². The fraction of sp³-hybridized carbons (Fsp3) is 0.214. The lowest BCUT2D eigenvalue weighted by Crippen LogP contribution is -2.08. The number of hydrogen-bond acceptors (Lipinski definition) is 5. The van der Waals surface area contributed by atoms with Gasteiger partial charge in [0.15, 0.2) is 0 Å². The molecule has 1 amide bonds. The summed E-state index contributed by atoms with van der Waals surface area (Å²) < 4.78 is 0. The molecule has 2 rings (SSSR count). The van der Waals surface area contributed by atoms with E-state index in [1.807, 2.05) is 11.4 Å². The Labute approximate surface area is 126 Å². The van der Waals surface area contributed by atoms with E-state index in [4.69, 9.17) is 0 Å². The molecule has 0 fully saturated rings. The summed E-state index contributed by atoms with van der Waals surface area (Å²) in [5.74, 6) is -0.110. The molecule has 0 unspecified atom stereocenters. The SMILES string of the molecule is CC(=O)Nc1ccsc1CNc1ccc([N+](=O)[O-])c(C)c1. The maximum absolute atomic E-state index is 11.1. The van der Waals surface area contributed by atoms with Crippen molar-refractivity contribution in [3.8, 4) is 0 Å². The van der Waals surface area contributed by atoms with Crippen LogP contribution < -0.4 is 10.6 Å². The molecule has 0 aliphatic rings. The van der Waals surface area contributed by atoms with Gasteiger partial charge in [0.1, 0.15) is 0 Å². The number of aryl methyl sites for hydroxylation is 1. The smallest absolute Gasteiger partial charge is 0.272 e. The summed E-state index contributed by atoms with van der Waals surface area (Å²) in [5.41, 5.74) is 2.31. The Balaban J connectivity index is 2.07. The van der Waals surface area contributed by atoms with Gasteiger partial charge in [0.2, 0.25) is 5.91 Å². The molecular weight excluding hydrogens is 290 g/mol. The molecule has 7 heteroatoms. The number of thiophene rings is 1. The lowest BCUT2D eigenvalue weighted by atomic mass is 10.2. The van der Waals surface area contributed by atoms with Gasteiger partial charge in [-0.15, -0.1) is 11.3 Å². The van der Waals surface area contributed by atoms with Crippen LogP contribution in [0.1, 0.15) is 17.4 Å². The molecule has 2 aromatic rings. The van der Waals surface area contributed by atoms with Crippen LogP contribution in [-0.2, 0) is 11.3 Å². The number of carbonyl (C=O) groups is 1. The van der Waals surface area contributed by atoms with Gasteiger partial charge in [0.25, 0.3) is 5.69 Å². The van der Waals surface area contributed by atoms with E-state index >= 15 is 0 Å². The molecule has 0 bridgehead atoms. The van der Waals surface area contributed by atoms with Crippen molar-refractivity contribution in [2.45, 2.75) is 20.4 Å². The molecule has 0 spiro atoms. The van der Waals surface area contributed by atoms with E-state index in [1.54, 1.807) is 19.1 Å². The van der Waals surface area contributed by atoms with Gasteiger partial charge >= 0.3 is 0 Å². The summed E-state index contributed by atoms with van der Waals surface area (Å²) in [5, 5.41) is 18.6. The number of nitrogens with zero attached hydrogens (tertiary/aromatic N) is 1. The van der Waals surface area contributed by atoms with Gasteiger partial charge in [-0.25, -0.2) is 0 Å². The van der Waals surface area contributed by atoms with Crippen molar-refractivity contribution in [2.75, 3.05) is 10.6 Å². The fourth-order valence-electron chi connectivity index (χ4n) is 1.93. The Morgan fingerprint density at radius 1 is 1.38 bits per heavy atom. The molecule has 0 radical (unpaired) electrons. The monoisotopic (exact) mass is 305 g/mol. The summed E-state index contributed by atoms with van der Waals surface area (Å²) >= 11 is 1.54. The normalized spacial score (nSPS) is 10.2. The van der Waals surface area contributed by atoms with Crippen molar-refractivity contribution < 1.29 is 9.72 Å². The molecule has 21 heavy (non-hydrogen) atoms. The van der Waals surface area contributed by atoms with Gasteiger partial charge in [-0.1, -0.05) is 0 Å². The van der Waals surface area contributed by atoms with Crippen molar-refractivity contribution in [3.63, 3.8) is 0 Å². The number of nitrogens with one attached hydrogen (secondary N) is 2. The minimum absolute atomic E-state index is 0.107. The molecule has 1 heterocycles. The van der Waals surface area contributed by atoms with Gasteiger partial charge in [0.05, 0.1) is 17.2 Å². The van der Waals surface area contributed by atoms with Crippen molar-refractivity contribution >= 4 is 34.3 Å². The van der Waals surface area contributed by atoms with Crippen LogP contribution in [0.4, 0.5) is 17.1 Å². The van der Waals surface area contributed by atoms with Crippen LogP contribution in [0.25, 0.3) is 0 Å². The van der Waals surface area contributed by atoms with Crippen LogP contribution in [0, 0.1) is 17.0 Å². The van der Waals surface area contributed by atoms with Crippen molar-refractivity contribution in [1.29, 1.82) is 0 Å². The Morgan fingerprint density at radius 2 is 2.14 bits per heavy atom. The highest BCUT2D eigenvalue weighted by molar-refractivity contribution is 7.10. The topological polar surface area (TPSA) is 84.3 Å². The van der Waals surface area contributed by atoms with E-state index in [9.17, 15) is 14.9 Å². The maximum Gasteiger partial charge on any atom is 0.272 e. The first-order valence-corrected chi connectivity index (χ1v) is 7.18. The van der Waals surface area contributed by atoms with Crippen LogP contribution in [0.5, 0.6) is 0 Å². The van der Waals surface area contributed by atoms with Gasteiger partial charge in [-0.3, -0.25) is 14.9 Å². The van der Waals surface area contributed by atoms with Gasteiger partial charge in [-0.2, -0.15) is 0 Å². The number of anilines is 2. The van der Waals surface area contributed by atoms with E-state index in [0.717, 1.165) is 16.3 Å². The summed E-state index contributed by atoms with van der Waals surface area (Å²) in [6.07, 6.45) is 0. The highest BCUT2D eigenvalue weighted by Crippen LogP contribution is 2.25. The Hall–Kier alpha value is -2.41. The van der Waals surface area contributed by atoms with E-state index in [1.165, 1.54) is 24.3 Å². The van der Waals surface area contributed by atoms with Crippen molar-refractivity contribution in [3.05, 3.63) is 50.2 Å². The minimum Gasteiger partial charge on any atom is -0.380 e. The van der Waals surface area contributed by atoms with Crippen LogP contribution in [0.2, 0.25) is 0 Å². The molecule has 2 N–H and O–H groups in total. The molecule has 0 atom stereocenters. The molecule has 0 aliphatic heterocycles. The van der Waals surface area contributed by atoms with Gasteiger partial charge < -0.3 is 10.6 Å². The molecule has 0 saturated heterocycles. The largest absolute Gasteiger partial charge is 0.380 e. The first-order chi connectivity index (χ1) is 9.97. The molecular formula is C14H15N3O3S. The quantitative estimate of drug-likeness (QED) is 0.653. The minimum atomic E-state index is -0.396. The highest BCUT2D eigenvalue weighted by atomic mass is 32.1. The van der Waals surface area contributed by atoms with Crippen molar-refractivity contribution in [2.24, 2.45) is 0 Å². The number of hydrogen-bond donors (Lipinski definition) is 2. The number of carbonyl (C=O) groups excluding carboxylic acids is 1. The molecule has 1 aromatic heterocycles. The average molecular weight is 305 g/mol. The third-order valence-corrected chi connectivity index (χ3v) is 3.82. The summed E-state index contributed by atoms with van der Waals surface area (Å²) in [4.78, 5) is 22.5. The Bertz CT molecular complexity index is 682. The fourth-order valence-corrected chi connectivity index (χ4v) is 2.70. The second-order valence-electron chi connectivity index (χ2n) is 4.55. The number of benzene rings is 1. The molecule has 110 valence electrons. The number of nitro benzene ring substituents is 1. The maximum atomic E-state index is 11.1. The molecule has 0 saturated carbocycles. The van der Waals surface area contributed by atoms with Gasteiger partial charge in [0, 0.05) is 29.1 Å². The Morgan fingerprint density at radius 3 is 2.76 bits per heavy atom. The molecule has 1 aromatic carbocycles. The van der Waals surface area contributed by atoms with Crippen LogP contribution in [0.3, 0.4) is 0 Å². The molecule has 6 nitrogen and oxygen atoms in total. The predicted octanol–water partition coefficient (Wildman–Crippen LogP) is 3.54. The average Bonchev–Trinajstić information content (AvgIpc) is 2.82. The summed E-state index contributed by atoms with van der Waals surface area (Å²) in [7, 11) is 0. The van der Waals surface area contributed by atoms with E-state index < -0.39 is 4.92 Å². The first-order valence-electron chi connectivity index (χ1n) is 6.30. The zero-order chi connectivity index (χ0) is 15.4. The second kappa shape index (κ2) is 6.36. The zero-order valence-electron chi connectivity index (χ0n) is 11.7. The van der Waals surface area contributed by atoms with E-state index in [2.05, 4.69) is 10.6 Å². The first kappa shape index (κ1) is 15.0. The van der Waals surface area contributed by atoms with Crippen LogP contribution >= 0.6 is 11.3 Å². The number of rotatable bonds is 5. The lowest BCUT2D eigenvalue weighted by molar-refractivity contribution is -0.385.